The number of quaternary nitrogens is 2. The van der Waals surface area contributed by atoms with Crippen LogP contribution in [0.15, 0.2) is 28.7 Å². The average molecular weight is 369 g/mol. The van der Waals surface area contributed by atoms with E-state index >= 15 is 0 Å². The van der Waals surface area contributed by atoms with Gasteiger partial charge in [0.05, 0.1) is 19.1 Å². The molecule has 0 spiro atoms. The fourth-order valence-corrected chi connectivity index (χ4v) is 4.15. The number of halogens is 1. The number of rotatable bonds is 2. The number of carbonyl (C=O) groups is 1. The highest BCUT2D eigenvalue weighted by molar-refractivity contribution is 9.10. The van der Waals surface area contributed by atoms with Gasteiger partial charge in [-0.15, -0.1) is 0 Å². The lowest BCUT2D eigenvalue weighted by Gasteiger charge is -2.46. The van der Waals surface area contributed by atoms with Gasteiger partial charge in [0, 0.05) is 10.9 Å². The molecule has 3 fully saturated rings. The molecule has 3 aliphatic rings. The molecule has 120 valence electrons. The predicted octanol–water partition coefficient (Wildman–Crippen LogP) is 3.41. The average Bonchev–Trinajstić information content (AvgIpc) is 2.82. The normalized spacial score (nSPS) is 31.1. The molecule has 3 saturated heterocycles. The maximum Gasteiger partial charge on any atom is 0.521 e. The van der Waals surface area contributed by atoms with Crippen molar-refractivity contribution < 1.29 is 18.5 Å². The van der Waals surface area contributed by atoms with Gasteiger partial charge in [-0.25, -0.2) is 4.48 Å². The minimum atomic E-state index is -0.0780. The zero-order chi connectivity index (χ0) is 15.8. The van der Waals surface area contributed by atoms with E-state index in [1.165, 1.54) is 11.0 Å². The van der Waals surface area contributed by atoms with E-state index in [0.29, 0.717) is 16.3 Å². The van der Waals surface area contributed by atoms with Crippen LogP contribution in [0.3, 0.4) is 0 Å². The molecular weight excluding hydrogens is 344 g/mol. The Hall–Kier alpha value is -0.910. The predicted molar refractivity (Wildman–Crippen MR) is 89.6 cm³/mol. The van der Waals surface area contributed by atoms with Crippen LogP contribution in [0, 0.1) is 0 Å². The van der Waals surface area contributed by atoms with Gasteiger partial charge in [-0.05, 0) is 38.1 Å². The standard InChI is InChI=1S/C17H25BrN2O2/c1-14(2)19-8-3-9-20(12-10-19,13-11-19)17(21)22-16-6-4-15(18)5-7-16/h4-7,14H,3,8-13H2,1-2H3/q+2. The van der Waals surface area contributed by atoms with Crippen LogP contribution >= 0.6 is 15.9 Å². The minimum absolute atomic E-state index is 0.0780. The Balaban J connectivity index is 1.74. The van der Waals surface area contributed by atoms with Crippen LogP contribution in [0.1, 0.15) is 20.3 Å². The fourth-order valence-electron chi connectivity index (χ4n) is 3.89. The van der Waals surface area contributed by atoms with E-state index in [1.54, 1.807) is 0 Å². The quantitative estimate of drug-likeness (QED) is 0.747. The summed E-state index contributed by atoms with van der Waals surface area (Å²) in [4.78, 5) is 12.8. The van der Waals surface area contributed by atoms with Gasteiger partial charge in [-0.2, -0.15) is 4.79 Å². The molecule has 2 bridgehead atoms. The van der Waals surface area contributed by atoms with Gasteiger partial charge in [0.25, 0.3) is 0 Å². The Morgan fingerprint density at radius 3 is 2.27 bits per heavy atom. The maximum absolute atomic E-state index is 12.8. The van der Waals surface area contributed by atoms with Crippen molar-refractivity contribution in [1.29, 1.82) is 0 Å². The summed E-state index contributed by atoms with van der Waals surface area (Å²) in [5.41, 5.74) is 0. The van der Waals surface area contributed by atoms with E-state index in [2.05, 4.69) is 29.8 Å². The number of benzene rings is 1. The second-order valence-electron chi connectivity index (χ2n) is 6.97. The summed E-state index contributed by atoms with van der Waals surface area (Å²) in [6.45, 7) is 10.7. The van der Waals surface area contributed by atoms with Crippen molar-refractivity contribution in [3.63, 3.8) is 0 Å². The van der Waals surface area contributed by atoms with Crippen molar-refractivity contribution >= 4 is 22.0 Å². The SMILES string of the molecule is CC(C)[N+]12CCC[N+](C(=O)Oc3ccc(Br)cc3)(CC1)CC2. The molecule has 1 aromatic rings. The molecule has 0 aromatic heterocycles. The molecule has 0 saturated carbocycles. The number of amides is 1. The molecule has 4 rings (SSSR count). The molecule has 0 N–H and O–H groups in total. The fraction of sp³-hybridized carbons (Fsp3) is 0.588. The van der Waals surface area contributed by atoms with Crippen LogP contribution in [0.2, 0.25) is 0 Å². The number of carbonyl (C=O) groups excluding carboxylic acids is 1. The van der Waals surface area contributed by atoms with Crippen molar-refractivity contribution in [2.24, 2.45) is 0 Å². The number of hydrogen-bond acceptors (Lipinski definition) is 2. The third kappa shape index (κ3) is 2.82. The smallest absolute Gasteiger partial charge is 0.381 e. The van der Waals surface area contributed by atoms with Crippen molar-refractivity contribution in [2.45, 2.75) is 26.3 Å². The van der Waals surface area contributed by atoms with Gasteiger partial charge in [-0.1, -0.05) is 15.9 Å². The van der Waals surface area contributed by atoms with Gasteiger partial charge in [0.2, 0.25) is 0 Å². The van der Waals surface area contributed by atoms with Crippen molar-refractivity contribution in [2.75, 3.05) is 39.3 Å². The molecule has 1 aromatic carbocycles. The molecule has 5 heteroatoms. The highest BCUT2D eigenvalue weighted by atomic mass is 79.9. The summed E-state index contributed by atoms with van der Waals surface area (Å²) in [6.07, 6.45) is 1.03. The van der Waals surface area contributed by atoms with E-state index in [0.717, 1.165) is 43.6 Å². The van der Waals surface area contributed by atoms with E-state index in [1.807, 2.05) is 24.3 Å². The van der Waals surface area contributed by atoms with Gasteiger partial charge >= 0.3 is 6.09 Å². The van der Waals surface area contributed by atoms with Gasteiger partial charge in [0.1, 0.15) is 31.9 Å². The van der Waals surface area contributed by atoms with Crippen molar-refractivity contribution in [3.8, 4) is 5.75 Å². The molecule has 3 aliphatic heterocycles. The monoisotopic (exact) mass is 368 g/mol. The summed E-state index contributed by atoms with van der Waals surface area (Å²) >= 11 is 3.40. The third-order valence-corrected chi connectivity index (χ3v) is 6.17. The second kappa shape index (κ2) is 5.95. The summed E-state index contributed by atoms with van der Waals surface area (Å²) in [7, 11) is 0. The van der Waals surface area contributed by atoms with Gasteiger partial charge in [-0.3, -0.25) is 0 Å². The van der Waals surface area contributed by atoms with Crippen molar-refractivity contribution in [1.82, 2.24) is 0 Å². The lowest BCUT2D eigenvalue weighted by molar-refractivity contribution is -1.00. The number of piperazine rings is 1. The first-order valence-electron chi connectivity index (χ1n) is 8.16. The largest absolute Gasteiger partial charge is 0.521 e. The van der Waals surface area contributed by atoms with Gasteiger partial charge in [0.15, 0.2) is 0 Å². The maximum atomic E-state index is 12.8. The molecule has 0 atom stereocenters. The Kier molecular flexibility index (Phi) is 4.32. The van der Waals surface area contributed by atoms with Crippen LogP contribution in [0.4, 0.5) is 4.79 Å². The Morgan fingerprint density at radius 1 is 1.05 bits per heavy atom. The number of nitrogens with zero attached hydrogens (tertiary/aromatic N) is 2. The lowest BCUT2D eigenvalue weighted by atomic mass is 10.1. The van der Waals surface area contributed by atoms with E-state index in [9.17, 15) is 4.79 Å². The highest BCUT2D eigenvalue weighted by Crippen LogP contribution is 2.30. The zero-order valence-electron chi connectivity index (χ0n) is 13.4. The molecule has 0 unspecified atom stereocenters. The number of ether oxygens (including phenoxy) is 1. The van der Waals surface area contributed by atoms with E-state index in [4.69, 9.17) is 4.74 Å². The van der Waals surface area contributed by atoms with E-state index in [-0.39, 0.29) is 6.09 Å². The molecule has 22 heavy (non-hydrogen) atoms. The van der Waals surface area contributed by atoms with E-state index < -0.39 is 0 Å². The van der Waals surface area contributed by atoms with Crippen LogP contribution in [-0.4, -0.2) is 60.4 Å². The Bertz CT molecular complexity index is 548. The van der Waals surface area contributed by atoms with Gasteiger partial charge < -0.3 is 9.22 Å². The van der Waals surface area contributed by atoms with Crippen LogP contribution in [0.5, 0.6) is 5.75 Å². The summed E-state index contributed by atoms with van der Waals surface area (Å²) in [5.74, 6) is 0.639. The molecule has 0 aliphatic carbocycles. The van der Waals surface area contributed by atoms with Crippen LogP contribution in [-0.2, 0) is 0 Å². The molecule has 3 heterocycles. The molecule has 1 amide bonds. The van der Waals surface area contributed by atoms with Crippen LogP contribution in [0.25, 0.3) is 0 Å². The first-order chi connectivity index (χ1) is 10.5. The third-order valence-electron chi connectivity index (χ3n) is 5.64. The first-order valence-corrected chi connectivity index (χ1v) is 8.95. The lowest BCUT2D eigenvalue weighted by Crippen LogP contribution is -2.68. The molecular formula is C17H25BrN2O2+2. The Labute approximate surface area is 141 Å². The summed E-state index contributed by atoms with van der Waals surface area (Å²) in [6, 6.07) is 8.14. The second-order valence-corrected chi connectivity index (χ2v) is 7.89. The van der Waals surface area contributed by atoms with Crippen molar-refractivity contribution in [3.05, 3.63) is 28.7 Å². The minimum Gasteiger partial charge on any atom is -0.381 e. The summed E-state index contributed by atoms with van der Waals surface area (Å²) < 4.78 is 8.35. The Morgan fingerprint density at radius 2 is 1.68 bits per heavy atom. The number of fused-ring (bicyclic) bond motifs is 4. The zero-order valence-corrected chi connectivity index (χ0v) is 15.0. The first kappa shape index (κ1) is 16.0. The topological polar surface area (TPSA) is 26.3 Å². The number of hydrogen-bond donors (Lipinski definition) is 0. The summed E-state index contributed by atoms with van der Waals surface area (Å²) in [5, 5.41) is 0. The molecule has 4 nitrogen and oxygen atoms in total. The molecule has 0 radical (unpaired) electrons. The van der Waals surface area contributed by atoms with Crippen LogP contribution < -0.4 is 4.74 Å². The highest BCUT2D eigenvalue weighted by Gasteiger charge is 2.52.